The first kappa shape index (κ1) is 16.4. The molecule has 1 aromatic heterocycles. The summed E-state index contributed by atoms with van der Waals surface area (Å²) in [4.78, 5) is 12.3. The summed E-state index contributed by atoms with van der Waals surface area (Å²) in [7, 11) is 0. The Labute approximate surface area is 158 Å². The second-order valence-electron chi connectivity index (χ2n) is 8.29. The number of amides is 1. The number of nitrogens with two attached hydrogens (primary N) is 1. The third-order valence-corrected chi connectivity index (χ3v) is 7.30. The smallest absolute Gasteiger partial charge is 0.269 e. The molecule has 0 aliphatic heterocycles. The highest BCUT2D eigenvalue weighted by Crippen LogP contribution is 2.63. The van der Waals surface area contributed by atoms with Crippen molar-refractivity contribution in [2.24, 2.45) is 11.7 Å². The van der Waals surface area contributed by atoms with Crippen molar-refractivity contribution in [1.29, 1.82) is 0 Å². The highest BCUT2D eigenvalue weighted by atomic mass is 35.5. The minimum atomic E-state index is -0.392. The maximum absolute atomic E-state index is 12.3. The van der Waals surface area contributed by atoms with Crippen LogP contribution in [0.1, 0.15) is 79.0 Å². The van der Waals surface area contributed by atoms with Crippen LogP contribution in [0.25, 0.3) is 5.69 Å². The van der Waals surface area contributed by atoms with Gasteiger partial charge in [0.05, 0.1) is 11.4 Å². The van der Waals surface area contributed by atoms with E-state index in [2.05, 4.69) is 0 Å². The Morgan fingerprint density at radius 3 is 2.58 bits per heavy atom. The lowest BCUT2D eigenvalue weighted by atomic mass is 9.65. The highest BCUT2D eigenvalue weighted by Gasteiger charge is 2.57. The number of aromatic nitrogens is 2. The Morgan fingerprint density at radius 1 is 1.15 bits per heavy atom. The molecule has 5 rings (SSSR count). The lowest BCUT2D eigenvalue weighted by Crippen LogP contribution is -2.34. The van der Waals surface area contributed by atoms with Gasteiger partial charge in [0.1, 0.15) is 0 Å². The molecule has 0 spiro atoms. The SMILES string of the molecule is NC(=O)c1nn(-c2ccc(Cl)cc2)c2c1C1(C3CCCCC3)CCC2C1. The molecule has 2 unspecified atom stereocenters. The fourth-order valence-corrected chi connectivity index (χ4v) is 6.14. The molecule has 2 aromatic rings. The van der Waals surface area contributed by atoms with Crippen molar-refractivity contribution in [3.05, 3.63) is 46.2 Å². The average molecular weight is 370 g/mol. The summed E-state index contributed by atoms with van der Waals surface area (Å²) in [5.74, 6) is 0.767. The Bertz CT molecular complexity index is 866. The Hall–Kier alpha value is -1.81. The number of hydrogen-bond acceptors (Lipinski definition) is 2. The van der Waals surface area contributed by atoms with Gasteiger partial charge in [-0.15, -0.1) is 0 Å². The van der Waals surface area contributed by atoms with Gasteiger partial charge in [0.25, 0.3) is 5.91 Å². The molecule has 0 saturated heterocycles. The van der Waals surface area contributed by atoms with Crippen molar-refractivity contribution in [3.63, 3.8) is 0 Å². The molecule has 2 fully saturated rings. The van der Waals surface area contributed by atoms with E-state index >= 15 is 0 Å². The minimum absolute atomic E-state index is 0.120. The van der Waals surface area contributed by atoms with Crippen molar-refractivity contribution in [3.8, 4) is 5.69 Å². The second kappa shape index (κ2) is 5.85. The predicted molar refractivity (Wildman–Crippen MR) is 102 cm³/mol. The molecule has 3 aliphatic carbocycles. The molecule has 1 heterocycles. The summed E-state index contributed by atoms with van der Waals surface area (Å²) >= 11 is 6.05. The molecule has 3 aliphatic rings. The van der Waals surface area contributed by atoms with Gasteiger partial charge in [-0.2, -0.15) is 5.10 Å². The zero-order chi connectivity index (χ0) is 17.9. The summed E-state index contributed by atoms with van der Waals surface area (Å²) in [6.07, 6.45) is 10.1. The van der Waals surface area contributed by atoms with Gasteiger partial charge in [-0.1, -0.05) is 30.9 Å². The van der Waals surface area contributed by atoms with Crippen LogP contribution >= 0.6 is 11.6 Å². The molecule has 26 heavy (non-hydrogen) atoms. The van der Waals surface area contributed by atoms with Crippen molar-refractivity contribution in [1.82, 2.24) is 9.78 Å². The molecule has 2 bridgehead atoms. The van der Waals surface area contributed by atoms with E-state index in [1.54, 1.807) is 0 Å². The summed E-state index contributed by atoms with van der Waals surface area (Å²) in [5, 5.41) is 5.41. The number of primary amides is 1. The van der Waals surface area contributed by atoms with E-state index in [0.29, 0.717) is 22.6 Å². The fourth-order valence-electron chi connectivity index (χ4n) is 6.02. The Kier molecular flexibility index (Phi) is 3.68. The quantitative estimate of drug-likeness (QED) is 0.850. The molecule has 136 valence electrons. The molecule has 4 nitrogen and oxygen atoms in total. The molecular formula is C21H24ClN3O. The van der Waals surface area contributed by atoms with Crippen LogP contribution in [-0.2, 0) is 5.41 Å². The van der Waals surface area contributed by atoms with Crippen LogP contribution in [0.2, 0.25) is 5.02 Å². The van der Waals surface area contributed by atoms with Crippen LogP contribution in [-0.4, -0.2) is 15.7 Å². The number of carbonyl (C=O) groups excluding carboxylic acids is 1. The van der Waals surface area contributed by atoms with Gasteiger partial charge in [-0.05, 0) is 62.3 Å². The van der Waals surface area contributed by atoms with Crippen LogP contribution in [0.5, 0.6) is 0 Å². The molecular weight excluding hydrogens is 346 g/mol. The van der Waals surface area contributed by atoms with E-state index in [1.165, 1.54) is 62.6 Å². The van der Waals surface area contributed by atoms with Crippen LogP contribution in [0, 0.1) is 5.92 Å². The van der Waals surface area contributed by atoms with Gasteiger partial charge < -0.3 is 5.73 Å². The van der Waals surface area contributed by atoms with Crippen molar-refractivity contribution >= 4 is 17.5 Å². The van der Waals surface area contributed by atoms with E-state index in [-0.39, 0.29) is 5.41 Å². The van der Waals surface area contributed by atoms with Gasteiger partial charge in [0.15, 0.2) is 5.69 Å². The molecule has 1 aromatic carbocycles. The van der Waals surface area contributed by atoms with Crippen LogP contribution in [0.3, 0.4) is 0 Å². The average Bonchev–Trinajstić information content (AvgIpc) is 3.34. The molecule has 2 saturated carbocycles. The Balaban J connectivity index is 1.69. The zero-order valence-electron chi connectivity index (χ0n) is 14.9. The summed E-state index contributed by atoms with van der Waals surface area (Å²) in [6, 6.07) is 7.69. The minimum Gasteiger partial charge on any atom is -0.364 e. The summed E-state index contributed by atoms with van der Waals surface area (Å²) in [5.41, 5.74) is 9.79. The number of halogens is 1. The molecule has 0 radical (unpaired) electrons. The number of rotatable bonds is 3. The maximum atomic E-state index is 12.3. The van der Waals surface area contributed by atoms with E-state index in [4.69, 9.17) is 22.4 Å². The van der Waals surface area contributed by atoms with Gasteiger partial charge in [0, 0.05) is 21.9 Å². The van der Waals surface area contributed by atoms with E-state index in [9.17, 15) is 4.79 Å². The van der Waals surface area contributed by atoms with E-state index in [1.807, 2.05) is 28.9 Å². The first-order valence-corrected chi connectivity index (χ1v) is 10.2. The summed E-state index contributed by atoms with van der Waals surface area (Å²) < 4.78 is 1.97. The van der Waals surface area contributed by atoms with Crippen LogP contribution < -0.4 is 5.73 Å². The first-order valence-electron chi connectivity index (χ1n) is 9.79. The zero-order valence-corrected chi connectivity index (χ0v) is 15.6. The number of fused-ring (bicyclic) bond motifs is 5. The normalized spacial score (nSPS) is 27.7. The Morgan fingerprint density at radius 2 is 1.88 bits per heavy atom. The lowest BCUT2D eigenvalue weighted by molar-refractivity contribution is 0.0990. The third kappa shape index (κ3) is 2.21. The highest BCUT2D eigenvalue weighted by molar-refractivity contribution is 6.30. The number of hydrogen-bond donors (Lipinski definition) is 1. The second-order valence-corrected chi connectivity index (χ2v) is 8.73. The largest absolute Gasteiger partial charge is 0.364 e. The fraction of sp³-hybridized carbons (Fsp3) is 0.524. The molecule has 5 heteroatoms. The van der Waals surface area contributed by atoms with Crippen molar-refractivity contribution < 1.29 is 4.79 Å². The van der Waals surface area contributed by atoms with Gasteiger partial charge in [-0.3, -0.25) is 4.79 Å². The van der Waals surface area contributed by atoms with Gasteiger partial charge in [0.2, 0.25) is 0 Å². The lowest BCUT2D eigenvalue weighted by Gasteiger charge is -2.39. The molecule has 2 atom stereocenters. The van der Waals surface area contributed by atoms with E-state index in [0.717, 1.165) is 5.69 Å². The number of carbonyl (C=O) groups is 1. The van der Waals surface area contributed by atoms with Crippen LogP contribution in [0.15, 0.2) is 24.3 Å². The topological polar surface area (TPSA) is 60.9 Å². The monoisotopic (exact) mass is 369 g/mol. The molecule has 1 amide bonds. The predicted octanol–water partition coefficient (Wildman–Crippen LogP) is 4.72. The summed E-state index contributed by atoms with van der Waals surface area (Å²) in [6.45, 7) is 0. The number of nitrogens with zero attached hydrogens (tertiary/aromatic N) is 2. The molecule has 2 N–H and O–H groups in total. The standard InChI is InChI=1S/C21H24ClN3O/c22-15-6-8-16(9-7-15)25-19-13-10-11-21(12-13,14-4-2-1-3-5-14)17(19)18(24-25)20(23)26/h6-9,13-14H,1-5,10-12H2,(H2,23,26). The van der Waals surface area contributed by atoms with Gasteiger partial charge >= 0.3 is 0 Å². The van der Waals surface area contributed by atoms with Crippen LogP contribution in [0.4, 0.5) is 0 Å². The van der Waals surface area contributed by atoms with Gasteiger partial charge in [-0.25, -0.2) is 4.68 Å². The maximum Gasteiger partial charge on any atom is 0.269 e. The first-order chi connectivity index (χ1) is 12.6. The number of benzene rings is 1. The van der Waals surface area contributed by atoms with E-state index < -0.39 is 5.91 Å². The van der Waals surface area contributed by atoms with Crippen molar-refractivity contribution in [2.45, 2.75) is 62.7 Å². The third-order valence-electron chi connectivity index (χ3n) is 7.05. The van der Waals surface area contributed by atoms with Crippen molar-refractivity contribution in [2.75, 3.05) is 0 Å².